The largest absolute Gasteiger partial charge is 0.463 e. The van der Waals surface area contributed by atoms with Gasteiger partial charge in [-0.3, -0.25) is 4.79 Å². The van der Waals surface area contributed by atoms with E-state index in [1.807, 2.05) is 11.4 Å². The van der Waals surface area contributed by atoms with Crippen LogP contribution in [-0.2, 0) is 0 Å². The molecule has 3 rings (SSSR count). The summed E-state index contributed by atoms with van der Waals surface area (Å²) >= 11 is 1.50. The van der Waals surface area contributed by atoms with E-state index in [1.54, 1.807) is 18.4 Å². The van der Waals surface area contributed by atoms with Crippen LogP contribution in [-0.4, -0.2) is 15.9 Å². The van der Waals surface area contributed by atoms with Crippen LogP contribution in [0.2, 0.25) is 0 Å². The SMILES string of the molecule is NC(=O)c1nc(-c2ccco2)c2sccc2n1. The van der Waals surface area contributed by atoms with Crippen LogP contribution < -0.4 is 5.73 Å². The maximum atomic E-state index is 11.2. The number of nitrogens with zero attached hydrogens (tertiary/aromatic N) is 2. The highest BCUT2D eigenvalue weighted by molar-refractivity contribution is 7.17. The minimum Gasteiger partial charge on any atom is -0.463 e. The lowest BCUT2D eigenvalue weighted by atomic mass is 10.3. The number of carbonyl (C=O) groups is 1. The maximum Gasteiger partial charge on any atom is 0.286 e. The first-order valence-corrected chi connectivity index (χ1v) is 5.72. The molecule has 84 valence electrons. The van der Waals surface area contributed by atoms with Gasteiger partial charge in [0.05, 0.1) is 16.5 Å². The van der Waals surface area contributed by atoms with Crippen molar-refractivity contribution in [3.8, 4) is 11.5 Å². The minimum atomic E-state index is -0.647. The Hall–Kier alpha value is -2.21. The predicted molar refractivity (Wildman–Crippen MR) is 63.6 cm³/mol. The molecular weight excluding hydrogens is 238 g/mol. The molecule has 0 spiro atoms. The van der Waals surface area contributed by atoms with Gasteiger partial charge in [0.15, 0.2) is 5.76 Å². The van der Waals surface area contributed by atoms with Gasteiger partial charge in [-0.2, -0.15) is 0 Å². The number of fused-ring (bicyclic) bond motifs is 1. The van der Waals surface area contributed by atoms with Crippen LogP contribution in [0, 0.1) is 0 Å². The predicted octanol–water partition coefficient (Wildman–Crippen LogP) is 2.05. The van der Waals surface area contributed by atoms with Gasteiger partial charge in [0.1, 0.15) is 5.69 Å². The van der Waals surface area contributed by atoms with E-state index < -0.39 is 5.91 Å². The summed E-state index contributed by atoms with van der Waals surface area (Å²) < 4.78 is 6.18. The Morgan fingerprint density at radius 3 is 2.94 bits per heavy atom. The van der Waals surface area contributed by atoms with Crippen molar-refractivity contribution < 1.29 is 9.21 Å². The van der Waals surface area contributed by atoms with E-state index in [2.05, 4.69) is 9.97 Å². The lowest BCUT2D eigenvalue weighted by Gasteiger charge is -2.00. The lowest BCUT2D eigenvalue weighted by Crippen LogP contribution is -2.15. The molecule has 2 N–H and O–H groups in total. The molecule has 0 fully saturated rings. The number of hydrogen-bond donors (Lipinski definition) is 1. The first-order chi connectivity index (χ1) is 8.25. The molecule has 3 aromatic heterocycles. The van der Waals surface area contributed by atoms with E-state index in [-0.39, 0.29) is 5.82 Å². The molecule has 0 saturated heterocycles. The first-order valence-electron chi connectivity index (χ1n) is 4.84. The third kappa shape index (κ3) is 1.58. The van der Waals surface area contributed by atoms with E-state index in [1.165, 1.54) is 11.3 Å². The average molecular weight is 245 g/mol. The second-order valence-corrected chi connectivity index (χ2v) is 4.29. The molecule has 17 heavy (non-hydrogen) atoms. The lowest BCUT2D eigenvalue weighted by molar-refractivity contribution is 0.0991. The molecule has 6 heteroatoms. The average Bonchev–Trinajstić information content (AvgIpc) is 2.98. The monoisotopic (exact) mass is 245 g/mol. The number of carbonyl (C=O) groups excluding carboxylic acids is 1. The third-order valence-corrected chi connectivity index (χ3v) is 3.19. The quantitative estimate of drug-likeness (QED) is 0.749. The zero-order valence-electron chi connectivity index (χ0n) is 8.58. The zero-order chi connectivity index (χ0) is 11.8. The number of hydrogen-bond acceptors (Lipinski definition) is 5. The topological polar surface area (TPSA) is 82.0 Å². The van der Waals surface area contributed by atoms with Crippen LogP contribution in [0.3, 0.4) is 0 Å². The molecular formula is C11H7N3O2S. The standard InChI is InChI=1S/C11H7N3O2S/c12-10(15)11-13-6-3-5-17-9(6)8(14-11)7-2-1-4-16-7/h1-5H,(H2,12,15). The van der Waals surface area contributed by atoms with E-state index in [4.69, 9.17) is 10.2 Å². The van der Waals surface area contributed by atoms with Crippen LogP contribution in [0.25, 0.3) is 21.7 Å². The molecule has 0 aliphatic rings. The van der Waals surface area contributed by atoms with Gasteiger partial charge in [0, 0.05) is 0 Å². The number of rotatable bonds is 2. The fraction of sp³-hybridized carbons (Fsp3) is 0. The van der Waals surface area contributed by atoms with Gasteiger partial charge in [-0.25, -0.2) is 9.97 Å². The molecule has 1 amide bonds. The molecule has 3 heterocycles. The number of furan rings is 1. The van der Waals surface area contributed by atoms with Gasteiger partial charge in [-0.15, -0.1) is 11.3 Å². The number of nitrogens with two attached hydrogens (primary N) is 1. The summed E-state index contributed by atoms with van der Waals surface area (Å²) in [6.45, 7) is 0. The van der Waals surface area contributed by atoms with Gasteiger partial charge in [-0.05, 0) is 23.6 Å². The van der Waals surface area contributed by atoms with Gasteiger partial charge < -0.3 is 10.2 Å². The zero-order valence-corrected chi connectivity index (χ0v) is 9.40. The first kappa shape index (κ1) is 9.98. The van der Waals surface area contributed by atoms with Crippen LogP contribution in [0.4, 0.5) is 0 Å². The Kier molecular flexibility index (Phi) is 2.15. The number of aromatic nitrogens is 2. The molecule has 5 nitrogen and oxygen atoms in total. The van der Waals surface area contributed by atoms with Crippen molar-refractivity contribution in [2.75, 3.05) is 0 Å². The van der Waals surface area contributed by atoms with Crippen molar-refractivity contribution in [2.45, 2.75) is 0 Å². The highest BCUT2D eigenvalue weighted by Crippen LogP contribution is 2.30. The summed E-state index contributed by atoms with van der Waals surface area (Å²) in [5.41, 5.74) is 6.50. The normalized spacial score (nSPS) is 10.8. The number of thiophene rings is 1. The number of amides is 1. The second kappa shape index (κ2) is 3.67. The van der Waals surface area contributed by atoms with Crippen molar-refractivity contribution in [3.63, 3.8) is 0 Å². The molecule has 0 radical (unpaired) electrons. The third-order valence-electron chi connectivity index (χ3n) is 2.28. The van der Waals surface area contributed by atoms with Crippen LogP contribution in [0.5, 0.6) is 0 Å². The molecule has 0 saturated carbocycles. The van der Waals surface area contributed by atoms with Crippen molar-refractivity contribution in [2.24, 2.45) is 5.73 Å². The van der Waals surface area contributed by atoms with E-state index in [9.17, 15) is 4.79 Å². The molecule has 0 aliphatic carbocycles. The Morgan fingerprint density at radius 2 is 2.24 bits per heavy atom. The Labute approximate surface area is 99.9 Å². The summed E-state index contributed by atoms with van der Waals surface area (Å²) in [6, 6.07) is 5.37. The fourth-order valence-corrected chi connectivity index (χ4v) is 2.38. The molecule has 0 bridgehead atoms. The summed E-state index contributed by atoms with van der Waals surface area (Å²) in [4.78, 5) is 19.4. The van der Waals surface area contributed by atoms with E-state index in [0.717, 1.165) is 4.70 Å². The molecule has 0 unspecified atom stereocenters. The van der Waals surface area contributed by atoms with Crippen molar-refractivity contribution in [1.82, 2.24) is 9.97 Å². The van der Waals surface area contributed by atoms with Crippen LogP contribution in [0.1, 0.15) is 10.6 Å². The van der Waals surface area contributed by atoms with Gasteiger partial charge >= 0.3 is 0 Å². The van der Waals surface area contributed by atoms with Gasteiger partial charge in [0.2, 0.25) is 5.82 Å². The van der Waals surface area contributed by atoms with Crippen LogP contribution >= 0.6 is 11.3 Å². The molecule has 0 atom stereocenters. The van der Waals surface area contributed by atoms with Crippen molar-refractivity contribution in [3.05, 3.63) is 35.7 Å². The Balaban J connectivity index is 2.35. The number of primary amides is 1. The molecule has 3 aromatic rings. The van der Waals surface area contributed by atoms with E-state index in [0.29, 0.717) is 17.0 Å². The molecule has 0 aromatic carbocycles. The van der Waals surface area contributed by atoms with Crippen molar-refractivity contribution in [1.29, 1.82) is 0 Å². The van der Waals surface area contributed by atoms with Crippen molar-refractivity contribution >= 4 is 27.5 Å². The van der Waals surface area contributed by atoms with Crippen LogP contribution in [0.15, 0.2) is 34.3 Å². The summed E-state index contributed by atoms with van der Waals surface area (Å²) in [5.74, 6) is -0.0458. The maximum absolute atomic E-state index is 11.2. The molecule has 0 aliphatic heterocycles. The van der Waals surface area contributed by atoms with E-state index >= 15 is 0 Å². The minimum absolute atomic E-state index is 0.00213. The second-order valence-electron chi connectivity index (χ2n) is 3.37. The fourth-order valence-electron chi connectivity index (χ4n) is 1.55. The Bertz CT molecular complexity index is 688. The summed E-state index contributed by atoms with van der Waals surface area (Å²) in [6.07, 6.45) is 1.56. The summed E-state index contributed by atoms with van der Waals surface area (Å²) in [7, 11) is 0. The highest BCUT2D eigenvalue weighted by atomic mass is 32.1. The Morgan fingerprint density at radius 1 is 1.35 bits per heavy atom. The van der Waals surface area contributed by atoms with Gasteiger partial charge in [-0.1, -0.05) is 0 Å². The highest BCUT2D eigenvalue weighted by Gasteiger charge is 2.15. The summed E-state index contributed by atoms with van der Waals surface area (Å²) in [5, 5.41) is 1.89. The smallest absolute Gasteiger partial charge is 0.286 e. The van der Waals surface area contributed by atoms with Gasteiger partial charge in [0.25, 0.3) is 5.91 Å².